The molecular weight excluding hydrogens is 240 g/mol. The number of amides is 1. The Morgan fingerprint density at radius 2 is 2.16 bits per heavy atom. The van der Waals surface area contributed by atoms with E-state index in [2.05, 4.69) is 27.7 Å². The van der Waals surface area contributed by atoms with E-state index in [4.69, 9.17) is 10.5 Å². The number of carbonyl (C=O) groups is 1. The fourth-order valence-corrected chi connectivity index (χ4v) is 2.21. The fourth-order valence-electron chi connectivity index (χ4n) is 2.21. The first-order chi connectivity index (χ1) is 8.84. The summed E-state index contributed by atoms with van der Waals surface area (Å²) in [6.07, 6.45) is 3.77. The van der Waals surface area contributed by atoms with Crippen molar-refractivity contribution in [1.29, 1.82) is 0 Å². The lowest BCUT2D eigenvalue weighted by atomic mass is 9.85. The topological polar surface area (TPSA) is 55.6 Å². The van der Waals surface area contributed by atoms with Crippen LogP contribution < -0.4 is 5.73 Å². The van der Waals surface area contributed by atoms with Gasteiger partial charge in [0.15, 0.2) is 0 Å². The van der Waals surface area contributed by atoms with E-state index in [1.54, 1.807) is 0 Å². The Balaban J connectivity index is 2.43. The molecule has 4 nitrogen and oxygen atoms in total. The Morgan fingerprint density at radius 3 is 2.74 bits per heavy atom. The highest BCUT2D eigenvalue weighted by Crippen LogP contribution is 2.22. The van der Waals surface area contributed by atoms with Crippen LogP contribution in [0, 0.1) is 5.41 Å². The molecule has 112 valence electrons. The molecular formula is C15H30N2O2. The van der Waals surface area contributed by atoms with Crippen LogP contribution in [0.2, 0.25) is 0 Å². The first kappa shape index (κ1) is 16.4. The molecule has 0 radical (unpaired) electrons. The van der Waals surface area contributed by atoms with E-state index in [1.807, 2.05) is 4.90 Å². The molecule has 1 amide bonds. The number of hydrogen-bond donors (Lipinski definition) is 1. The van der Waals surface area contributed by atoms with Crippen LogP contribution in [0.25, 0.3) is 0 Å². The first-order valence-corrected chi connectivity index (χ1v) is 7.49. The highest BCUT2D eigenvalue weighted by Gasteiger charge is 2.28. The molecule has 0 aromatic rings. The summed E-state index contributed by atoms with van der Waals surface area (Å²) in [7, 11) is 0. The van der Waals surface area contributed by atoms with Gasteiger partial charge in [-0.3, -0.25) is 4.79 Å². The van der Waals surface area contributed by atoms with Crippen molar-refractivity contribution in [3.05, 3.63) is 0 Å². The van der Waals surface area contributed by atoms with Crippen LogP contribution in [0.3, 0.4) is 0 Å². The largest absolute Gasteiger partial charge is 0.376 e. The number of rotatable bonds is 5. The van der Waals surface area contributed by atoms with Crippen molar-refractivity contribution in [3.8, 4) is 0 Å². The lowest BCUT2D eigenvalue weighted by Gasteiger charge is -2.35. The number of hydrogen-bond acceptors (Lipinski definition) is 3. The molecule has 2 unspecified atom stereocenters. The highest BCUT2D eigenvalue weighted by molar-refractivity contribution is 5.77. The normalized spacial score (nSPS) is 22.4. The Labute approximate surface area is 117 Å². The lowest BCUT2D eigenvalue weighted by Crippen LogP contribution is -2.47. The van der Waals surface area contributed by atoms with Crippen molar-refractivity contribution in [3.63, 3.8) is 0 Å². The number of nitrogens with zero attached hydrogens (tertiary/aromatic N) is 1. The molecule has 1 heterocycles. The molecule has 1 fully saturated rings. The van der Waals surface area contributed by atoms with E-state index >= 15 is 0 Å². The van der Waals surface area contributed by atoms with Crippen molar-refractivity contribution >= 4 is 5.91 Å². The molecule has 2 atom stereocenters. The summed E-state index contributed by atoms with van der Waals surface area (Å²) in [5.41, 5.74) is 6.07. The maximum Gasteiger partial charge on any atom is 0.224 e. The van der Waals surface area contributed by atoms with Gasteiger partial charge in [-0.15, -0.1) is 0 Å². The van der Waals surface area contributed by atoms with E-state index in [9.17, 15) is 4.79 Å². The van der Waals surface area contributed by atoms with Crippen molar-refractivity contribution in [2.45, 2.75) is 65.5 Å². The molecule has 4 heteroatoms. The summed E-state index contributed by atoms with van der Waals surface area (Å²) in [4.78, 5) is 14.2. The Hall–Kier alpha value is -0.610. The molecule has 0 aromatic carbocycles. The van der Waals surface area contributed by atoms with Gasteiger partial charge in [-0.2, -0.15) is 0 Å². The van der Waals surface area contributed by atoms with Gasteiger partial charge in [-0.05, 0) is 24.7 Å². The maximum atomic E-state index is 12.3. The van der Waals surface area contributed by atoms with Gasteiger partial charge in [0.25, 0.3) is 0 Å². The van der Waals surface area contributed by atoms with E-state index in [-0.39, 0.29) is 23.5 Å². The third-order valence-corrected chi connectivity index (χ3v) is 3.80. The highest BCUT2D eigenvalue weighted by atomic mass is 16.5. The summed E-state index contributed by atoms with van der Waals surface area (Å²) in [6.45, 7) is 10.7. The van der Waals surface area contributed by atoms with Crippen LogP contribution in [0.5, 0.6) is 0 Å². The summed E-state index contributed by atoms with van der Waals surface area (Å²) in [5.74, 6) is 0.173. The summed E-state index contributed by atoms with van der Waals surface area (Å²) in [5, 5.41) is 0. The summed E-state index contributed by atoms with van der Waals surface area (Å²) in [6, 6.07) is -0.0862. The minimum Gasteiger partial charge on any atom is -0.376 e. The van der Waals surface area contributed by atoms with Crippen LogP contribution in [0.1, 0.15) is 53.4 Å². The first-order valence-electron chi connectivity index (χ1n) is 7.49. The molecule has 2 N–H and O–H groups in total. The van der Waals surface area contributed by atoms with Crippen LogP contribution >= 0.6 is 0 Å². The van der Waals surface area contributed by atoms with Gasteiger partial charge in [-0.25, -0.2) is 0 Å². The molecule has 0 bridgehead atoms. The number of nitrogens with two attached hydrogens (primary N) is 1. The zero-order chi connectivity index (χ0) is 14.5. The quantitative estimate of drug-likeness (QED) is 0.833. The van der Waals surface area contributed by atoms with E-state index in [0.717, 1.165) is 39.0 Å². The maximum absolute atomic E-state index is 12.3. The second-order valence-corrected chi connectivity index (χ2v) is 6.65. The Kier molecular flexibility index (Phi) is 6.27. The standard InChI is InChI=1S/C15H30N2O2/c1-5-9-19-12-7-6-8-17(11-12)14(18)10-13(16)15(2,3)4/h12-13H,5-11,16H2,1-4H3. The van der Waals surface area contributed by atoms with E-state index in [1.165, 1.54) is 0 Å². The van der Waals surface area contributed by atoms with Crippen molar-refractivity contribution < 1.29 is 9.53 Å². The summed E-state index contributed by atoms with van der Waals surface area (Å²) >= 11 is 0. The van der Waals surface area contributed by atoms with Crippen molar-refractivity contribution in [2.75, 3.05) is 19.7 Å². The fraction of sp³-hybridized carbons (Fsp3) is 0.933. The van der Waals surface area contributed by atoms with Gasteiger partial charge in [0, 0.05) is 32.2 Å². The Bertz CT molecular complexity index is 286. The molecule has 1 saturated heterocycles. The van der Waals surface area contributed by atoms with Gasteiger partial charge in [0.1, 0.15) is 0 Å². The van der Waals surface area contributed by atoms with Gasteiger partial charge in [0.2, 0.25) is 5.91 Å². The third kappa shape index (κ3) is 5.49. The van der Waals surface area contributed by atoms with Crippen LogP contribution in [-0.4, -0.2) is 42.6 Å². The number of carbonyl (C=O) groups excluding carboxylic acids is 1. The SMILES string of the molecule is CCCOC1CCCN(C(=O)CC(N)C(C)(C)C)C1. The molecule has 1 aliphatic rings. The summed E-state index contributed by atoms with van der Waals surface area (Å²) < 4.78 is 5.76. The van der Waals surface area contributed by atoms with Crippen molar-refractivity contribution in [2.24, 2.45) is 11.1 Å². The molecule has 1 aliphatic heterocycles. The zero-order valence-corrected chi connectivity index (χ0v) is 12.9. The molecule has 0 aliphatic carbocycles. The predicted octanol–water partition coefficient (Wildman–Crippen LogP) is 2.17. The number of likely N-dealkylation sites (tertiary alicyclic amines) is 1. The molecule has 0 saturated carbocycles. The second kappa shape index (κ2) is 7.25. The van der Waals surface area contributed by atoms with Crippen molar-refractivity contribution in [1.82, 2.24) is 4.90 Å². The van der Waals surface area contributed by atoms with Gasteiger partial charge in [0.05, 0.1) is 6.10 Å². The van der Waals surface area contributed by atoms with Gasteiger partial charge in [-0.1, -0.05) is 27.7 Å². The lowest BCUT2D eigenvalue weighted by molar-refractivity contribution is -0.136. The van der Waals surface area contributed by atoms with Gasteiger partial charge < -0.3 is 15.4 Å². The number of piperidine rings is 1. The Morgan fingerprint density at radius 1 is 1.47 bits per heavy atom. The predicted molar refractivity (Wildman–Crippen MR) is 77.9 cm³/mol. The smallest absolute Gasteiger partial charge is 0.224 e. The molecule has 0 spiro atoms. The molecule has 19 heavy (non-hydrogen) atoms. The van der Waals surface area contributed by atoms with Crippen LogP contribution in [0.4, 0.5) is 0 Å². The number of ether oxygens (including phenoxy) is 1. The molecule has 0 aromatic heterocycles. The average Bonchev–Trinajstić information content (AvgIpc) is 2.35. The third-order valence-electron chi connectivity index (χ3n) is 3.80. The monoisotopic (exact) mass is 270 g/mol. The van der Waals surface area contributed by atoms with Crippen LogP contribution in [-0.2, 0) is 9.53 Å². The van der Waals surface area contributed by atoms with E-state index in [0.29, 0.717) is 6.42 Å². The second-order valence-electron chi connectivity index (χ2n) is 6.65. The van der Waals surface area contributed by atoms with Crippen LogP contribution in [0.15, 0.2) is 0 Å². The zero-order valence-electron chi connectivity index (χ0n) is 12.9. The average molecular weight is 270 g/mol. The molecule has 1 rings (SSSR count). The minimum absolute atomic E-state index is 0.0242. The van der Waals surface area contributed by atoms with Gasteiger partial charge >= 0.3 is 0 Å². The minimum atomic E-state index is -0.0862. The van der Waals surface area contributed by atoms with E-state index < -0.39 is 0 Å².